The van der Waals surface area contributed by atoms with Crippen molar-refractivity contribution in [3.8, 4) is 0 Å². The third-order valence-corrected chi connectivity index (χ3v) is 4.38. The van der Waals surface area contributed by atoms with E-state index in [0.29, 0.717) is 0 Å². The molecule has 3 aliphatic rings. The van der Waals surface area contributed by atoms with E-state index in [2.05, 4.69) is 11.8 Å². The summed E-state index contributed by atoms with van der Waals surface area (Å²) in [5.41, 5.74) is 0. The molecule has 1 heterocycles. The molecule has 3 rings (SSSR count). The van der Waals surface area contributed by atoms with Crippen LogP contribution in [0.15, 0.2) is 0 Å². The number of rotatable bonds is 1. The number of hydrogen-bond acceptors (Lipinski definition) is 1. The van der Waals surface area contributed by atoms with Crippen LogP contribution in [0.2, 0.25) is 0 Å². The molecule has 0 spiro atoms. The highest BCUT2D eigenvalue weighted by Crippen LogP contribution is 2.49. The Morgan fingerprint density at radius 1 is 0.857 bits per heavy atom. The third-order valence-electron chi connectivity index (χ3n) is 4.38. The van der Waals surface area contributed by atoms with Gasteiger partial charge in [0, 0.05) is 0 Å². The molecule has 0 N–H and O–H groups in total. The first kappa shape index (κ1) is 10.5. The molecule has 14 heavy (non-hydrogen) atoms. The van der Waals surface area contributed by atoms with Gasteiger partial charge in [0.05, 0.1) is 0 Å². The summed E-state index contributed by atoms with van der Waals surface area (Å²) in [6.45, 7) is 6.18. The Morgan fingerprint density at radius 2 is 1.36 bits per heavy atom. The summed E-state index contributed by atoms with van der Waals surface area (Å²) in [6.07, 6.45) is 10.5. The number of likely N-dealkylation sites (tertiary alicyclic amines) is 1. The van der Waals surface area contributed by atoms with Gasteiger partial charge in [0.2, 0.25) is 0 Å². The zero-order valence-corrected chi connectivity index (χ0v) is 9.67. The van der Waals surface area contributed by atoms with Gasteiger partial charge in [-0.1, -0.05) is 13.3 Å². The number of nitrogens with zero attached hydrogens (tertiary/aromatic N) is 1. The zero-order valence-electron chi connectivity index (χ0n) is 9.67. The van der Waals surface area contributed by atoms with Gasteiger partial charge in [-0.25, -0.2) is 0 Å². The van der Waals surface area contributed by atoms with Crippen LogP contribution in [0.5, 0.6) is 0 Å². The van der Waals surface area contributed by atoms with Crippen molar-refractivity contribution in [2.75, 3.05) is 19.6 Å². The minimum atomic E-state index is 1.21. The smallest absolute Gasteiger partial charge is 0.00188 e. The lowest BCUT2D eigenvalue weighted by Crippen LogP contribution is -2.34. The van der Waals surface area contributed by atoms with Crippen LogP contribution in [0, 0.1) is 11.8 Å². The molecule has 1 aliphatic heterocycles. The van der Waals surface area contributed by atoms with E-state index in [9.17, 15) is 0 Å². The molecular formula is C13H25N. The van der Waals surface area contributed by atoms with Crippen molar-refractivity contribution in [2.24, 2.45) is 11.8 Å². The Morgan fingerprint density at radius 3 is 1.57 bits per heavy atom. The van der Waals surface area contributed by atoms with Crippen molar-refractivity contribution in [3.63, 3.8) is 0 Å². The van der Waals surface area contributed by atoms with E-state index in [-0.39, 0.29) is 0 Å². The van der Waals surface area contributed by atoms with Crippen molar-refractivity contribution in [1.29, 1.82) is 0 Å². The predicted molar refractivity (Wildman–Crippen MR) is 61.4 cm³/mol. The van der Waals surface area contributed by atoms with Crippen molar-refractivity contribution in [2.45, 2.75) is 51.9 Å². The maximum Gasteiger partial charge on any atom is -0.00188 e. The Bertz CT molecular complexity index is 143. The Balaban J connectivity index is 0.000000110. The molecule has 2 saturated carbocycles. The highest BCUT2D eigenvalue weighted by molar-refractivity contribution is 4.89. The van der Waals surface area contributed by atoms with E-state index in [1.165, 1.54) is 50.7 Å². The van der Waals surface area contributed by atoms with E-state index in [1.54, 1.807) is 25.7 Å². The van der Waals surface area contributed by atoms with Crippen LogP contribution in [-0.4, -0.2) is 24.5 Å². The van der Waals surface area contributed by atoms with Crippen LogP contribution >= 0.6 is 0 Å². The van der Waals surface area contributed by atoms with Gasteiger partial charge in [0.25, 0.3) is 0 Å². The quantitative estimate of drug-likeness (QED) is 0.620. The number of fused-ring (bicyclic) bond motifs is 1. The molecule has 0 bridgehead atoms. The van der Waals surface area contributed by atoms with Crippen molar-refractivity contribution >= 4 is 0 Å². The van der Waals surface area contributed by atoms with Gasteiger partial charge in [-0.05, 0) is 70.0 Å². The monoisotopic (exact) mass is 195 g/mol. The van der Waals surface area contributed by atoms with E-state index >= 15 is 0 Å². The molecule has 1 heteroatoms. The molecule has 1 nitrogen and oxygen atoms in total. The predicted octanol–water partition coefficient (Wildman–Crippen LogP) is 3.30. The van der Waals surface area contributed by atoms with E-state index in [0.717, 1.165) is 0 Å². The van der Waals surface area contributed by atoms with Gasteiger partial charge in [-0.15, -0.1) is 0 Å². The summed E-state index contributed by atoms with van der Waals surface area (Å²) in [6, 6.07) is 0. The molecule has 0 aromatic heterocycles. The molecule has 0 amide bonds. The molecule has 3 fully saturated rings. The molecule has 2 aliphatic carbocycles. The molecule has 1 saturated heterocycles. The fraction of sp³-hybridized carbons (Fsp3) is 1.00. The normalized spacial score (nSPS) is 35.8. The first-order valence-corrected chi connectivity index (χ1v) is 6.62. The highest BCUT2D eigenvalue weighted by Gasteiger charge is 2.37. The van der Waals surface area contributed by atoms with Crippen molar-refractivity contribution < 1.29 is 0 Å². The summed E-state index contributed by atoms with van der Waals surface area (Å²) >= 11 is 0. The fourth-order valence-corrected chi connectivity index (χ4v) is 2.84. The van der Waals surface area contributed by atoms with Gasteiger partial charge in [0.1, 0.15) is 0 Å². The second kappa shape index (κ2) is 5.16. The van der Waals surface area contributed by atoms with Gasteiger partial charge in [-0.3, -0.25) is 0 Å². The average Bonchev–Trinajstić information content (AvgIpc) is 2.25. The van der Waals surface area contributed by atoms with E-state index in [1.807, 2.05) is 0 Å². The summed E-state index contributed by atoms with van der Waals surface area (Å²) in [5, 5.41) is 0. The van der Waals surface area contributed by atoms with Crippen LogP contribution in [0.3, 0.4) is 0 Å². The highest BCUT2D eigenvalue weighted by atomic mass is 15.1. The van der Waals surface area contributed by atoms with Crippen molar-refractivity contribution in [1.82, 2.24) is 4.90 Å². The summed E-state index contributed by atoms with van der Waals surface area (Å²) in [4.78, 5) is 2.52. The molecule has 0 unspecified atom stereocenters. The van der Waals surface area contributed by atoms with E-state index in [4.69, 9.17) is 0 Å². The van der Waals surface area contributed by atoms with Crippen molar-refractivity contribution in [3.05, 3.63) is 0 Å². The van der Waals surface area contributed by atoms with Crippen LogP contribution in [0.25, 0.3) is 0 Å². The minimum Gasteiger partial charge on any atom is -0.304 e. The molecule has 82 valence electrons. The second-order valence-corrected chi connectivity index (χ2v) is 5.17. The maximum atomic E-state index is 2.52. The van der Waals surface area contributed by atoms with Crippen LogP contribution in [0.1, 0.15) is 51.9 Å². The Labute approximate surface area is 88.9 Å². The van der Waals surface area contributed by atoms with Crippen LogP contribution in [0.4, 0.5) is 0 Å². The summed E-state index contributed by atoms with van der Waals surface area (Å²) in [5.74, 6) is 2.43. The molecular weight excluding hydrogens is 170 g/mol. The summed E-state index contributed by atoms with van der Waals surface area (Å²) in [7, 11) is 0. The molecule has 0 radical (unpaired) electrons. The maximum absolute atomic E-state index is 2.52. The third kappa shape index (κ3) is 2.50. The lowest BCUT2D eigenvalue weighted by molar-refractivity contribution is 0.0548. The lowest BCUT2D eigenvalue weighted by Gasteiger charge is -2.46. The zero-order chi connectivity index (χ0) is 9.80. The van der Waals surface area contributed by atoms with Crippen LogP contribution < -0.4 is 0 Å². The number of piperidine rings is 1. The average molecular weight is 195 g/mol. The number of hydrogen-bond donors (Lipinski definition) is 0. The van der Waals surface area contributed by atoms with E-state index < -0.39 is 0 Å². The van der Waals surface area contributed by atoms with Gasteiger partial charge in [0.15, 0.2) is 0 Å². The first-order valence-electron chi connectivity index (χ1n) is 6.62. The fourth-order valence-electron chi connectivity index (χ4n) is 2.84. The molecule has 0 aromatic rings. The standard InChI is InChI=1S/C7H15N.C6H10/c1-2-8-6-4-3-5-7-8;1-2-6-4-3-5(1)6/h2-7H2,1H3;5-6H,1-4H2. The minimum absolute atomic E-state index is 1.21. The lowest BCUT2D eigenvalue weighted by atomic mass is 9.60. The molecule has 0 atom stereocenters. The first-order chi connectivity index (χ1) is 6.90. The second-order valence-electron chi connectivity index (χ2n) is 5.17. The van der Waals surface area contributed by atoms with Gasteiger partial charge in [-0.2, -0.15) is 0 Å². The van der Waals surface area contributed by atoms with Gasteiger partial charge >= 0.3 is 0 Å². The Hall–Kier alpha value is -0.0400. The largest absolute Gasteiger partial charge is 0.304 e. The van der Waals surface area contributed by atoms with Gasteiger partial charge < -0.3 is 4.90 Å². The topological polar surface area (TPSA) is 3.24 Å². The van der Waals surface area contributed by atoms with Crippen LogP contribution in [-0.2, 0) is 0 Å². The summed E-state index contributed by atoms with van der Waals surface area (Å²) < 4.78 is 0. The Kier molecular flexibility index (Phi) is 3.86. The molecule has 0 aromatic carbocycles. The SMILES string of the molecule is C1CC2CCC12.CCN1CCCCC1.